The molecule has 0 saturated carbocycles. The van der Waals surface area contributed by atoms with E-state index in [1.54, 1.807) is 10.9 Å². The molecule has 0 bridgehead atoms. The van der Waals surface area contributed by atoms with E-state index in [-0.39, 0.29) is 5.91 Å². The second-order valence-corrected chi connectivity index (χ2v) is 4.92. The van der Waals surface area contributed by atoms with Crippen molar-refractivity contribution in [2.24, 2.45) is 13.0 Å². The average Bonchev–Trinajstić information content (AvgIpc) is 2.98. The summed E-state index contributed by atoms with van der Waals surface area (Å²) in [7, 11) is 1.85. The van der Waals surface area contributed by atoms with Gasteiger partial charge in [0.15, 0.2) is 0 Å². The Kier molecular flexibility index (Phi) is 4.36. The average molecular weight is 250 g/mol. The summed E-state index contributed by atoms with van der Waals surface area (Å²) in [5, 5.41) is 10.6. The Bertz CT molecular complexity index is 407. The lowest BCUT2D eigenvalue weighted by molar-refractivity contribution is 0.0950. The molecular formula is C13H22N4O. The van der Waals surface area contributed by atoms with Crippen LogP contribution in [0.4, 0.5) is 0 Å². The fraction of sp³-hybridized carbons (Fsp3) is 0.692. The molecule has 1 aliphatic heterocycles. The maximum Gasteiger partial charge on any atom is 0.254 e. The molecule has 2 heterocycles. The summed E-state index contributed by atoms with van der Waals surface area (Å²) < 4.78 is 1.70. The number of amides is 1. The van der Waals surface area contributed by atoms with Crippen molar-refractivity contribution in [2.75, 3.05) is 19.6 Å². The summed E-state index contributed by atoms with van der Waals surface area (Å²) in [6, 6.07) is 0. The third-order valence-corrected chi connectivity index (χ3v) is 3.49. The summed E-state index contributed by atoms with van der Waals surface area (Å²) in [6.07, 6.45) is 4.87. The lowest BCUT2D eigenvalue weighted by atomic mass is 10.1. The SMILES string of the molecule is CCc1nn(C)cc1C(=O)NCCC1CCNC1. The summed E-state index contributed by atoms with van der Waals surface area (Å²) in [6.45, 7) is 4.97. The van der Waals surface area contributed by atoms with Gasteiger partial charge in [-0.2, -0.15) is 5.10 Å². The first-order valence-electron chi connectivity index (χ1n) is 6.72. The molecule has 1 saturated heterocycles. The molecule has 1 unspecified atom stereocenters. The zero-order valence-corrected chi connectivity index (χ0v) is 11.2. The highest BCUT2D eigenvalue weighted by molar-refractivity contribution is 5.95. The van der Waals surface area contributed by atoms with E-state index in [2.05, 4.69) is 15.7 Å². The van der Waals surface area contributed by atoms with Crippen molar-refractivity contribution in [1.82, 2.24) is 20.4 Å². The van der Waals surface area contributed by atoms with Gasteiger partial charge in [-0.15, -0.1) is 0 Å². The summed E-state index contributed by atoms with van der Waals surface area (Å²) in [5.41, 5.74) is 1.59. The molecular weight excluding hydrogens is 228 g/mol. The molecule has 1 aromatic heterocycles. The first-order chi connectivity index (χ1) is 8.70. The topological polar surface area (TPSA) is 59.0 Å². The van der Waals surface area contributed by atoms with Crippen molar-refractivity contribution in [3.8, 4) is 0 Å². The third-order valence-electron chi connectivity index (χ3n) is 3.49. The normalized spacial score (nSPS) is 19.1. The number of carbonyl (C=O) groups is 1. The van der Waals surface area contributed by atoms with Crippen molar-refractivity contribution < 1.29 is 4.79 Å². The van der Waals surface area contributed by atoms with E-state index in [9.17, 15) is 4.79 Å². The van der Waals surface area contributed by atoms with E-state index in [1.807, 2.05) is 14.0 Å². The minimum atomic E-state index is 0.00547. The Morgan fingerprint density at radius 1 is 1.67 bits per heavy atom. The molecule has 0 aromatic carbocycles. The van der Waals surface area contributed by atoms with Crippen LogP contribution in [0.15, 0.2) is 6.20 Å². The maximum absolute atomic E-state index is 12.0. The van der Waals surface area contributed by atoms with Crippen LogP contribution < -0.4 is 10.6 Å². The van der Waals surface area contributed by atoms with E-state index in [0.29, 0.717) is 11.5 Å². The molecule has 1 fully saturated rings. The lowest BCUT2D eigenvalue weighted by Crippen LogP contribution is -2.26. The van der Waals surface area contributed by atoms with Gasteiger partial charge in [-0.3, -0.25) is 9.48 Å². The van der Waals surface area contributed by atoms with Gasteiger partial charge in [0.25, 0.3) is 5.91 Å². The zero-order chi connectivity index (χ0) is 13.0. The third kappa shape index (κ3) is 3.10. The minimum Gasteiger partial charge on any atom is -0.352 e. The summed E-state index contributed by atoms with van der Waals surface area (Å²) in [5.74, 6) is 0.718. The minimum absolute atomic E-state index is 0.00547. The highest BCUT2D eigenvalue weighted by Gasteiger charge is 2.16. The molecule has 18 heavy (non-hydrogen) atoms. The van der Waals surface area contributed by atoms with Crippen LogP contribution in [-0.4, -0.2) is 35.3 Å². The van der Waals surface area contributed by atoms with Crippen LogP contribution in [0.25, 0.3) is 0 Å². The van der Waals surface area contributed by atoms with E-state index in [0.717, 1.165) is 38.2 Å². The Labute approximate surface area is 108 Å². The van der Waals surface area contributed by atoms with Gasteiger partial charge >= 0.3 is 0 Å². The number of aromatic nitrogens is 2. The Morgan fingerprint density at radius 2 is 2.50 bits per heavy atom. The highest BCUT2D eigenvalue weighted by Crippen LogP contribution is 2.11. The number of hydrogen-bond donors (Lipinski definition) is 2. The largest absolute Gasteiger partial charge is 0.352 e. The first kappa shape index (κ1) is 13.1. The molecule has 2 rings (SSSR count). The van der Waals surface area contributed by atoms with Gasteiger partial charge in [-0.05, 0) is 38.3 Å². The maximum atomic E-state index is 12.0. The predicted octanol–water partition coefficient (Wildman–Crippen LogP) is 0.712. The van der Waals surface area contributed by atoms with Crippen LogP contribution >= 0.6 is 0 Å². The number of carbonyl (C=O) groups excluding carboxylic acids is 1. The molecule has 0 aliphatic carbocycles. The number of aryl methyl sites for hydroxylation is 2. The second-order valence-electron chi connectivity index (χ2n) is 4.92. The number of nitrogens with one attached hydrogen (secondary N) is 2. The Hall–Kier alpha value is -1.36. The molecule has 5 nitrogen and oxygen atoms in total. The molecule has 0 radical (unpaired) electrons. The molecule has 2 N–H and O–H groups in total. The molecule has 1 aromatic rings. The molecule has 1 aliphatic rings. The lowest BCUT2D eigenvalue weighted by Gasteiger charge is -2.09. The fourth-order valence-electron chi connectivity index (χ4n) is 2.43. The van der Waals surface area contributed by atoms with Crippen molar-refractivity contribution in [1.29, 1.82) is 0 Å². The van der Waals surface area contributed by atoms with Crippen LogP contribution in [0.1, 0.15) is 35.8 Å². The number of hydrogen-bond acceptors (Lipinski definition) is 3. The fourth-order valence-corrected chi connectivity index (χ4v) is 2.43. The van der Waals surface area contributed by atoms with Gasteiger partial charge in [0.1, 0.15) is 0 Å². The monoisotopic (exact) mass is 250 g/mol. The number of nitrogens with zero attached hydrogens (tertiary/aromatic N) is 2. The van der Waals surface area contributed by atoms with Crippen LogP contribution in [0.3, 0.4) is 0 Å². The second kappa shape index (κ2) is 6.00. The molecule has 100 valence electrons. The highest BCUT2D eigenvalue weighted by atomic mass is 16.1. The van der Waals surface area contributed by atoms with Gasteiger partial charge in [-0.25, -0.2) is 0 Å². The van der Waals surface area contributed by atoms with Crippen molar-refractivity contribution >= 4 is 5.91 Å². The zero-order valence-electron chi connectivity index (χ0n) is 11.2. The quantitative estimate of drug-likeness (QED) is 0.809. The molecule has 5 heteroatoms. The van der Waals surface area contributed by atoms with E-state index < -0.39 is 0 Å². The van der Waals surface area contributed by atoms with E-state index in [1.165, 1.54) is 6.42 Å². The molecule has 1 atom stereocenters. The number of rotatable bonds is 5. The first-order valence-corrected chi connectivity index (χ1v) is 6.72. The van der Waals surface area contributed by atoms with Gasteiger partial charge in [0, 0.05) is 19.8 Å². The van der Waals surface area contributed by atoms with Crippen molar-refractivity contribution in [3.05, 3.63) is 17.5 Å². The summed E-state index contributed by atoms with van der Waals surface area (Å²) in [4.78, 5) is 12.0. The van der Waals surface area contributed by atoms with Crippen molar-refractivity contribution in [3.63, 3.8) is 0 Å². The van der Waals surface area contributed by atoms with Gasteiger partial charge in [0.2, 0.25) is 0 Å². The van der Waals surface area contributed by atoms with E-state index in [4.69, 9.17) is 0 Å². The smallest absolute Gasteiger partial charge is 0.254 e. The van der Waals surface area contributed by atoms with Crippen molar-refractivity contribution in [2.45, 2.75) is 26.2 Å². The van der Waals surface area contributed by atoms with Gasteiger partial charge < -0.3 is 10.6 Å². The predicted molar refractivity (Wildman–Crippen MR) is 70.5 cm³/mol. The van der Waals surface area contributed by atoms with Crippen LogP contribution in [0.5, 0.6) is 0 Å². The van der Waals surface area contributed by atoms with Gasteiger partial charge in [-0.1, -0.05) is 6.92 Å². The Morgan fingerprint density at radius 3 is 3.17 bits per heavy atom. The van der Waals surface area contributed by atoms with Crippen LogP contribution in [0, 0.1) is 5.92 Å². The van der Waals surface area contributed by atoms with E-state index >= 15 is 0 Å². The van der Waals surface area contributed by atoms with Gasteiger partial charge in [0.05, 0.1) is 11.3 Å². The van der Waals surface area contributed by atoms with Crippen LogP contribution in [0.2, 0.25) is 0 Å². The summed E-state index contributed by atoms with van der Waals surface area (Å²) >= 11 is 0. The van der Waals surface area contributed by atoms with Crippen LogP contribution in [-0.2, 0) is 13.5 Å². The molecule has 0 spiro atoms. The Balaban J connectivity index is 1.83. The standard InChI is InChI=1S/C13H22N4O/c1-3-12-11(9-17(2)16-12)13(18)15-7-5-10-4-6-14-8-10/h9-10,14H,3-8H2,1-2H3,(H,15,18). The molecule has 1 amide bonds.